The van der Waals surface area contributed by atoms with Crippen LogP contribution in [0.1, 0.15) is 45.6 Å². The molecule has 0 saturated carbocycles. The molecule has 1 fully saturated rings. The fourth-order valence-corrected chi connectivity index (χ4v) is 4.37. The minimum atomic E-state index is -2.94. The summed E-state index contributed by atoms with van der Waals surface area (Å²) in [5.41, 5.74) is 2.98. The Morgan fingerprint density at radius 2 is 1.97 bits per heavy atom. The second-order valence-electron chi connectivity index (χ2n) is 8.77. The minimum absolute atomic E-state index is 0.0380. The van der Waals surface area contributed by atoms with E-state index in [-0.39, 0.29) is 11.3 Å². The first-order valence-electron chi connectivity index (χ1n) is 10.2. The molecule has 1 amide bonds. The number of halogens is 3. The molecule has 0 radical (unpaired) electrons. The lowest BCUT2D eigenvalue weighted by Crippen LogP contribution is -2.45. The second kappa shape index (κ2) is 8.78. The van der Waals surface area contributed by atoms with Gasteiger partial charge in [0.1, 0.15) is 0 Å². The summed E-state index contributed by atoms with van der Waals surface area (Å²) < 4.78 is 38.8. The molecule has 1 aromatic heterocycles. The maximum absolute atomic E-state index is 13.6. The SMILES string of the molecule is CC(=O)Nc1c[nH]c2ccc(CCC(C)(C)C3CCN(C(F)C(F)F)CC3)cc12. The number of piperidine rings is 1. The summed E-state index contributed by atoms with van der Waals surface area (Å²) in [4.78, 5) is 15.8. The van der Waals surface area contributed by atoms with E-state index in [1.165, 1.54) is 17.4 Å². The summed E-state index contributed by atoms with van der Waals surface area (Å²) in [6, 6.07) is 6.21. The number of hydrogen-bond acceptors (Lipinski definition) is 2. The maximum atomic E-state index is 13.6. The van der Waals surface area contributed by atoms with E-state index in [1.807, 2.05) is 6.07 Å². The number of aromatic nitrogens is 1. The van der Waals surface area contributed by atoms with Gasteiger partial charge in [0.15, 0.2) is 0 Å². The van der Waals surface area contributed by atoms with Crippen LogP contribution < -0.4 is 5.32 Å². The molecule has 1 saturated heterocycles. The molecule has 1 unspecified atom stereocenters. The third-order valence-electron chi connectivity index (χ3n) is 6.31. The molecule has 3 rings (SSSR count). The number of benzene rings is 1. The van der Waals surface area contributed by atoms with Gasteiger partial charge in [0.05, 0.1) is 5.69 Å². The largest absolute Gasteiger partial charge is 0.359 e. The predicted octanol–water partition coefficient (Wildman–Crippen LogP) is 5.36. The van der Waals surface area contributed by atoms with E-state index in [0.29, 0.717) is 19.0 Å². The van der Waals surface area contributed by atoms with E-state index in [1.54, 1.807) is 6.20 Å². The zero-order chi connectivity index (χ0) is 21.2. The number of likely N-dealkylation sites (tertiary alicyclic amines) is 1. The number of hydrogen-bond donors (Lipinski definition) is 2. The highest BCUT2D eigenvalue weighted by atomic mass is 19.3. The number of alkyl halides is 3. The monoisotopic (exact) mass is 409 g/mol. The van der Waals surface area contributed by atoms with Crippen LogP contribution in [-0.2, 0) is 11.2 Å². The molecule has 4 nitrogen and oxygen atoms in total. The van der Waals surface area contributed by atoms with Gasteiger partial charge in [-0.1, -0.05) is 19.9 Å². The van der Waals surface area contributed by atoms with Crippen molar-refractivity contribution in [1.29, 1.82) is 0 Å². The predicted molar refractivity (Wildman–Crippen MR) is 110 cm³/mol. The second-order valence-corrected chi connectivity index (χ2v) is 8.77. The molecule has 1 aromatic carbocycles. The van der Waals surface area contributed by atoms with E-state index in [0.717, 1.165) is 42.3 Å². The van der Waals surface area contributed by atoms with Crippen LogP contribution in [0.5, 0.6) is 0 Å². The van der Waals surface area contributed by atoms with Crippen LogP contribution in [0.3, 0.4) is 0 Å². The number of fused-ring (bicyclic) bond motifs is 1. The van der Waals surface area contributed by atoms with Gasteiger partial charge in [0.2, 0.25) is 12.2 Å². The van der Waals surface area contributed by atoms with E-state index in [2.05, 4.69) is 36.3 Å². The Morgan fingerprint density at radius 1 is 1.28 bits per heavy atom. The van der Waals surface area contributed by atoms with Gasteiger partial charge in [0.25, 0.3) is 6.43 Å². The zero-order valence-electron chi connectivity index (χ0n) is 17.3. The van der Waals surface area contributed by atoms with Crippen molar-refractivity contribution in [3.05, 3.63) is 30.0 Å². The van der Waals surface area contributed by atoms with Crippen molar-refractivity contribution >= 4 is 22.5 Å². The van der Waals surface area contributed by atoms with Crippen molar-refractivity contribution in [3.63, 3.8) is 0 Å². The third kappa shape index (κ3) is 5.13. The fourth-order valence-electron chi connectivity index (χ4n) is 4.37. The normalized spacial score (nSPS) is 17.8. The van der Waals surface area contributed by atoms with Gasteiger partial charge in [0, 0.05) is 37.1 Å². The maximum Gasteiger partial charge on any atom is 0.282 e. The molecule has 1 aliphatic heterocycles. The molecular weight excluding hydrogens is 379 g/mol. The minimum Gasteiger partial charge on any atom is -0.359 e. The number of anilines is 1. The first-order valence-corrected chi connectivity index (χ1v) is 10.2. The molecular formula is C22H30F3N3O. The van der Waals surface area contributed by atoms with E-state index in [4.69, 9.17) is 0 Å². The van der Waals surface area contributed by atoms with Crippen molar-refractivity contribution in [1.82, 2.24) is 9.88 Å². The quantitative estimate of drug-likeness (QED) is 0.605. The number of carbonyl (C=O) groups excluding carboxylic acids is 1. The van der Waals surface area contributed by atoms with Gasteiger partial charge in [-0.3, -0.25) is 9.69 Å². The fraction of sp³-hybridized carbons (Fsp3) is 0.591. The number of rotatable bonds is 7. The number of nitrogens with one attached hydrogen (secondary N) is 2. The Morgan fingerprint density at radius 3 is 2.59 bits per heavy atom. The van der Waals surface area contributed by atoms with Gasteiger partial charge in [-0.25, -0.2) is 13.2 Å². The summed E-state index contributed by atoms with van der Waals surface area (Å²) in [5.74, 6) is 0.278. The molecule has 160 valence electrons. The van der Waals surface area contributed by atoms with Crippen LogP contribution in [0, 0.1) is 11.3 Å². The molecule has 0 bridgehead atoms. The number of aromatic amines is 1. The van der Waals surface area contributed by atoms with Crippen molar-refractivity contribution in [2.24, 2.45) is 11.3 Å². The number of aryl methyl sites for hydroxylation is 1. The lowest BCUT2D eigenvalue weighted by molar-refractivity contribution is -0.114. The summed E-state index contributed by atoms with van der Waals surface area (Å²) >= 11 is 0. The third-order valence-corrected chi connectivity index (χ3v) is 6.31. The average Bonchev–Trinajstić information content (AvgIpc) is 3.07. The van der Waals surface area contributed by atoms with Crippen LogP contribution in [-0.4, -0.2) is 41.6 Å². The highest BCUT2D eigenvalue weighted by Gasteiger charge is 2.36. The topological polar surface area (TPSA) is 48.1 Å². The summed E-state index contributed by atoms with van der Waals surface area (Å²) in [7, 11) is 0. The van der Waals surface area contributed by atoms with Gasteiger partial charge >= 0.3 is 0 Å². The van der Waals surface area contributed by atoms with E-state index < -0.39 is 12.7 Å². The highest BCUT2D eigenvalue weighted by molar-refractivity contribution is 6.01. The highest BCUT2D eigenvalue weighted by Crippen LogP contribution is 2.39. The Bertz CT molecular complexity index is 841. The van der Waals surface area contributed by atoms with Crippen molar-refractivity contribution < 1.29 is 18.0 Å². The lowest BCUT2D eigenvalue weighted by atomic mass is 9.70. The van der Waals surface area contributed by atoms with Crippen LogP contribution in [0.2, 0.25) is 0 Å². The van der Waals surface area contributed by atoms with Crippen LogP contribution in [0.25, 0.3) is 10.9 Å². The lowest BCUT2D eigenvalue weighted by Gasteiger charge is -2.41. The van der Waals surface area contributed by atoms with Gasteiger partial charge in [-0.05, 0) is 54.7 Å². The Labute approximate surface area is 169 Å². The van der Waals surface area contributed by atoms with Crippen molar-refractivity contribution in [3.8, 4) is 0 Å². The average molecular weight is 409 g/mol. The smallest absolute Gasteiger partial charge is 0.282 e. The molecule has 1 atom stereocenters. The molecule has 2 heterocycles. The van der Waals surface area contributed by atoms with Gasteiger partial charge in [-0.15, -0.1) is 0 Å². The summed E-state index contributed by atoms with van der Waals surface area (Å²) in [6.07, 6.45) is 0.0293. The molecule has 0 spiro atoms. The zero-order valence-corrected chi connectivity index (χ0v) is 17.3. The van der Waals surface area contributed by atoms with Gasteiger partial charge in [-0.2, -0.15) is 0 Å². The van der Waals surface area contributed by atoms with E-state index >= 15 is 0 Å². The molecule has 0 aliphatic carbocycles. The first kappa shape index (κ1) is 21.7. The van der Waals surface area contributed by atoms with Crippen molar-refractivity contribution in [2.45, 2.75) is 59.2 Å². The summed E-state index contributed by atoms with van der Waals surface area (Å²) in [6.45, 7) is 6.68. The Hall–Kier alpha value is -2.02. The molecule has 2 N–H and O–H groups in total. The van der Waals surface area contributed by atoms with Crippen LogP contribution in [0.4, 0.5) is 18.9 Å². The molecule has 7 heteroatoms. The Balaban J connectivity index is 1.61. The number of amides is 1. The van der Waals surface area contributed by atoms with Crippen molar-refractivity contribution in [2.75, 3.05) is 18.4 Å². The standard InChI is InChI=1S/C22H30F3N3O/c1-14(29)27-19-13-26-18-5-4-15(12-17(18)19)6-9-22(2,3)16-7-10-28(11-8-16)21(25)20(23)24/h4-5,12-13,16,20-21,26H,6-11H2,1-3H3,(H,27,29). The van der Waals surface area contributed by atoms with Crippen LogP contribution >= 0.6 is 0 Å². The van der Waals surface area contributed by atoms with Crippen LogP contribution in [0.15, 0.2) is 24.4 Å². The number of H-pyrrole nitrogens is 1. The van der Waals surface area contributed by atoms with E-state index in [9.17, 15) is 18.0 Å². The Kier molecular flexibility index (Phi) is 6.56. The molecule has 29 heavy (non-hydrogen) atoms. The number of carbonyl (C=O) groups is 1. The van der Waals surface area contributed by atoms with Gasteiger partial charge < -0.3 is 10.3 Å². The molecule has 1 aliphatic rings. The first-order chi connectivity index (χ1) is 13.7. The molecule has 2 aromatic rings. The summed E-state index contributed by atoms with van der Waals surface area (Å²) in [5, 5.41) is 3.83. The number of nitrogens with zero attached hydrogens (tertiary/aromatic N) is 1.